The Morgan fingerprint density at radius 2 is 1.50 bits per heavy atom. The van der Waals surface area contributed by atoms with Crippen LogP contribution < -0.4 is 20.1 Å². The van der Waals surface area contributed by atoms with E-state index in [1.807, 2.05) is 13.8 Å². The van der Waals surface area contributed by atoms with Gasteiger partial charge in [0.05, 0.1) is 4.90 Å². The number of benzene rings is 1. The van der Waals surface area contributed by atoms with Crippen LogP contribution in [0.2, 0.25) is 0 Å². The monoisotopic (exact) mass is 474 g/mol. The van der Waals surface area contributed by atoms with Gasteiger partial charge in [0.1, 0.15) is 0 Å². The summed E-state index contributed by atoms with van der Waals surface area (Å²) in [6.45, 7) is 5.98. The van der Waals surface area contributed by atoms with E-state index in [2.05, 4.69) is 15.4 Å². The van der Waals surface area contributed by atoms with Crippen LogP contribution in [0.3, 0.4) is 0 Å². The Morgan fingerprint density at radius 3 is 2.10 bits per heavy atom. The molecule has 0 aromatic heterocycles. The molecule has 13 heteroatoms. The van der Waals surface area contributed by atoms with Crippen LogP contribution in [0.15, 0.2) is 29.2 Å². The van der Waals surface area contributed by atoms with Gasteiger partial charge in [-0.25, -0.2) is 26.3 Å². The smallest absolute Gasteiger partial charge is 0.313 e. The minimum atomic E-state index is -5.36. The highest BCUT2D eigenvalue weighted by Gasteiger charge is 2.45. The summed E-state index contributed by atoms with van der Waals surface area (Å²) in [7, 11) is -9.02. The summed E-state index contributed by atoms with van der Waals surface area (Å²) >= 11 is 0. The third-order valence-corrected chi connectivity index (χ3v) is 6.59. The number of sulfonamides is 2. The lowest BCUT2D eigenvalue weighted by molar-refractivity contribution is -0.0447. The molecule has 4 N–H and O–H groups in total. The van der Waals surface area contributed by atoms with Crippen molar-refractivity contribution < 1.29 is 30.0 Å². The molecule has 0 fully saturated rings. The molecule has 0 bridgehead atoms. The van der Waals surface area contributed by atoms with Crippen molar-refractivity contribution in [1.82, 2.24) is 20.1 Å². The lowest BCUT2D eigenvalue weighted by atomic mass is 10.1. The van der Waals surface area contributed by atoms with Gasteiger partial charge in [-0.2, -0.15) is 13.2 Å². The predicted molar refractivity (Wildman–Crippen MR) is 109 cm³/mol. The maximum atomic E-state index is 12.4. The van der Waals surface area contributed by atoms with Gasteiger partial charge in [-0.05, 0) is 31.0 Å². The molecule has 8 nitrogen and oxygen atoms in total. The maximum absolute atomic E-state index is 12.4. The first-order valence-corrected chi connectivity index (χ1v) is 12.3. The summed E-state index contributed by atoms with van der Waals surface area (Å²) in [5.74, 6) is 0. The highest BCUT2D eigenvalue weighted by molar-refractivity contribution is 7.90. The van der Waals surface area contributed by atoms with Crippen molar-refractivity contribution >= 4 is 20.0 Å². The van der Waals surface area contributed by atoms with Gasteiger partial charge in [0.25, 0.3) is 0 Å². The van der Waals surface area contributed by atoms with E-state index < -0.39 is 32.1 Å². The van der Waals surface area contributed by atoms with Gasteiger partial charge in [-0.3, -0.25) is 0 Å². The Balaban J connectivity index is 2.54. The Morgan fingerprint density at radius 1 is 0.900 bits per heavy atom. The van der Waals surface area contributed by atoms with E-state index in [1.165, 1.54) is 16.9 Å². The molecule has 30 heavy (non-hydrogen) atoms. The SMILES string of the molecule is CC(C)NCCNS(=O)(=O)c1cccc(CC(C)NCCNS(=O)(=O)C(F)(F)F)c1. The Hall–Kier alpha value is -1.25. The van der Waals surface area contributed by atoms with Crippen LogP contribution in [-0.2, 0) is 26.5 Å². The normalized spacial score (nSPS) is 14.2. The van der Waals surface area contributed by atoms with Crippen molar-refractivity contribution in [1.29, 1.82) is 0 Å². The zero-order valence-electron chi connectivity index (χ0n) is 17.1. The molecule has 1 aromatic rings. The van der Waals surface area contributed by atoms with E-state index in [0.29, 0.717) is 18.5 Å². The minimum absolute atomic E-state index is 0.0150. The molecule has 1 atom stereocenters. The number of alkyl halides is 3. The fourth-order valence-corrected chi connectivity index (χ4v) is 4.12. The van der Waals surface area contributed by atoms with Crippen LogP contribution in [0.5, 0.6) is 0 Å². The van der Waals surface area contributed by atoms with Crippen LogP contribution in [0, 0.1) is 0 Å². The summed E-state index contributed by atoms with van der Waals surface area (Å²) in [5, 5.41) is 6.01. The number of nitrogens with one attached hydrogen (secondary N) is 4. The van der Waals surface area contributed by atoms with Crippen molar-refractivity contribution in [2.45, 2.75) is 49.7 Å². The van der Waals surface area contributed by atoms with E-state index in [1.54, 1.807) is 19.1 Å². The van der Waals surface area contributed by atoms with Crippen LogP contribution >= 0.6 is 0 Å². The Bertz CT molecular complexity index is 875. The molecule has 0 saturated heterocycles. The van der Waals surface area contributed by atoms with Crippen LogP contribution in [0.1, 0.15) is 26.3 Å². The molecule has 0 aliphatic carbocycles. The molecular formula is C17H29F3N4O4S2. The minimum Gasteiger partial charge on any atom is -0.313 e. The van der Waals surface area contributed by atoms with E-state index in [9.17, 15) is 30.0 Å². The van der Waals surface area contributed by atoms with Crippen molar-refractivity contribution in [2.75, 3.05) is 26.2 Å². The zero-order valence-corrected chi connectivity index (χ0v) is 18.7. The molecular weight excluding hydrogens is 445 g/mol. The van der Waals surface area contributed by atoms with Crippen molar-refractivity contribution in [3.05, 3.63) is 29.8 Å². The predicted octanol–water partition coefficient (Wildman–Crippen LogP) is 0.923. The van der Waals surface area contributed by atoms with E-state index >= 15 is 0 Å². The van der Waals surface area contributed by atoms with Crippen LogP contribution in [0.25, 0.3) is 0 Å². The summed E-state index contributed by atoms with van der Waals surface area (Å²) in [4.78, 5) is 0.120. The number of hydrogen-bond donors (Lipinski definition) is 4. The van der Waals surface area contributed by atoms with Crippen molar-refractivity contribution in [3.63, 3.8) is 0 Å². The van der Waals surface area contributed by atoms with Crippen molar-refractivity contribution in [2.24, 2.45) is 0 Å². The second-order valence-corrected chi connectivity index (χ2v) is 10.6. The van der Waals surface area contributed by atoms with E-state index in [0.717, 1.165) is 0 Å². The third kappa shape index (κ3) is 9.27. The van der Waals surface area contributed by atoms with Gasteiger partial charge < -0.3 is 10.6 Å². The summed E-state index contributed by atoms with van der Waals surface area (Å²) in [6.07, 6.45) is 0.407. The summed E-state index contributed by atoms with van der Waals surface area (Å²) < 4.78 is 87.3. The quantitative estimate of drug-likeness (QED) is 0.316. The molecule has 0 aliphatic heterocycles. The average molecular weight is 475 g/mol. The lowest BCUT2D eigenvalue weighted by Crippen LogP contribution is -2.41. The molecule has 1 aromatic carbocycles. The molecule has 0 heterocycles. The highest BCUT2D eigenvalue weighted by atomic mass is 32.2. The maximum Gasteiger partial charge on any atom is 0.511 e. The molecule has 0 radical (unpaired) electrons. The van der Waals surface area contributed by atoms with Gasteiger partial charge >= 0.3 is 15.5 Å². The summed E-state index contributed by atoms with van der Waals surface area (Å²) in [5.41, 5.74) is -4.63. The van der Waals surface area contributed by atoms with Gasteiger partial charge in [0.15, 0.2) is 0 Å². The van der Waals surface area contributed by atoms with E-state index in [4.69, 9.17) is 0 Å². The third-order valence-electron chi connectivity index (χ3n) is 3.93. The van der Waals surface area contributed by atoms with Gasteiger partial charge in [-0.1, -0.05) is 26.0 Å². The second kappa shape index (κ2) is 11.4. The van der Waals surface area contributed by atoms with Gasteiger partial charge in [-0.15, -0.1) is 0 Å². The summed E-state index contributed by atoms with van der Waals surface area (Å²) in [6, 6.07) is 6.39. The highest BCUT2D eigenvalue weighted by Crippen LogP contribution is 2.21. The van der Waals surface area contributed by atoms with Gasteiger partial charge in [0.2, 0.25) is 10.0 Å². The Labute approximate surface area is 176 Å². The number of rotatable bonds is 13. The zero-order chi connectivity index (χ0) is 23.0. The first kappa shape index (κ1) is 26.8. The largest absolute Gasteiger partial charge is 0.511 e. The lowest BCUT2D eigenvalue weighted by Gasteiger charge is -2.16. The Kier molecular flexibility index (Phi) is 10.2. The van der Waals surface area contributed by atoms with Crippen LogP contribution in [0.4, 0.5) is 13.2 Å². The second-order valence-electron chi connectivity index (χ2n) is 7.06. The number of hydrogen-bond acceptors (Lipinski definition) is 6. The molecule has 0 aliphatic rings. The van der Waals surface area contributed by atoms with E-state index in [-0.39, 0.29) is 30.1 Å². The molecule has 0 spiro atoms. The molecule has 1 unspecified atom stereocenters. The average Bonchev–Trinajstić information content (AvgIpc) is 2.61. The first-order valence-electron chi connectivity index (χ1n) is 9.36. The molecule has 0 saturated carbocycles. The standard InChI is InChI=1S/C17H29F3N4O4S2/c1-13(2)21-7-9-23-29(25,26)16-6-4-5-15(12-16)11-14(3)22-8-10-24-30(27,28)17(18,19)20/h4-6,12-14,21-24H,7-11H2,1-3H3. The number of halogens is 3. The first-order chi connectivity index (χ1) is 13.7. The fraction of sp³-hybridized carbons (Fsp3) is 0.647. The topological polar surface area (TPSA) is 116 Å². The fourth-order valence-electron chi connectivity index (χ4n) is 2.48. The van der Waals surface area contributed by atoms with Gasteiger partial charge in [0, 0.05) is 38.3 Å². The molecule has 0 amide bonds. The molecule has 174 valence electrons. The van der Waals surface area contributed by atoms with Crippen molar-refractivity contribution in [3.8, 4) is 0 Å². The molecule has 1 rings (SSSR count). The van der Waals surface area contributed by atoms with Crippen LogP contribution in [-0.4, -0.2) is 60.6 Å².